The maximum Gasteiger partial charge on any atom is 0.246 e. The van der Waals surface area contributed by atoms with Crippen molar-refractivity contribution in [2.75, 3.05) is 13.2 Å². The molecule has 1 amide bonds. The van der Waals surface area contributed by atoms with Crippen LogP contribution in [0.4, 0.5) is 0 Å². The van der Waals surface area contributed by atoms with E-state index in [9.17, 15) is 4.79 Å². The van der Waals surface area contributed by atoms with Gasteiger partial charge in [-0.1, -0.05) is 68.4 Å². The van der Waals surface area contributed by atoms with E-state index in [-0.39, 0.29) is 25.0 Å². The monoisotopic (exact) mass is 432 g/mol. The number of amides is 1. The van der Waals surface area contributed by atoms with Crippen LogP contribution in [0.25, 0.3) is 22.5 Å². The number of aliphatic hydroxyl groups excluding tert-OH is 1. The number of nitrogens with one attached hydrogen (secondary N) is 3. The minimum Gasteiger partial charge on any atom is -0.396 e. The van der Waals surface area contributed by atoms with Crippen LogP contribution in [0.3, 0.4) is 0 Å². The first-order valence-electron chi connectivity index (χ1n) is 11.1. The molecule has 32 heavy (non-hydrogen) atoms. The second kappa shape index (κ2) is 11.3. The molecule has 6 nitrogen and oxygen atoms in total. The Morgan fingerprint density at radius 1 is 0.969 bits per heavy atom. The van der Waals surface area contributed by atoms with E-state index in [0.717, 1.165) is 28.9 Å². The van der Waals surface area contributed by atoms with Gasteiger partial charge >= 0.3 is 0 Å². The highest BCUT2D eigenvalue weighted by molar-refractivity contribution is 5.95. The minimum atomic E-state index is -0.280. The summed E-state index contributed by atoms with van der Waals surface area (Å²) in [5.41, 5.74) is 5.27. The van der Waals surface area contributed by atoms with Gasteiger partial charge in [0.2, 0.25) is 5.91 Å². The van der Waals surface area contributed by atoms with Gasteiger partial charge < -0.3 is 15.0 Å². The fourth-order valence-corrected chi connectivity index (χ4v) is 3.69. The lowest BCUT2D eigenvalue weighted by Crippen LogP contribution is -2.42. The molecule has 6 heteroatoms. The molecule has 1 aromatic heterocycles. The normalized spacial score (nSPS) is 10.9. The number of hydrogen-bond acceptors (Lipinski definition) is 3. The van der Waals surface area contributed by atoms with Crippen LogP contribution in [0, 0.1) is 11.3 Å². The number of guanidine groups is 1. The first kappa shape index (κ1) is 23.3. The van der Waals surface area contributed by atoms with Crippen molar-refractivity contribution in [1.29, 1.82) is 5.41 Å². The van der Waals surface area contributed by atoms with Crippen LogP contribution in [0.1, 0.15) is 25.8 Å². The molecule has 0 aliphatic rings. The highest BCUT2D eigenvalue weighted by Gasteiger charge is 2.15. The number of carbonyl (C=O) groups is 1. The molecule has 168 valence electrons. The Morgan fingerprint density at radius 2 is 1.59 bits per heavy atom. The molecule has 0 aliphatic carbocycles. The lowest BCUT2D eigenvalue weighted by atomic mass is 10.0. The number of rotatable bonds is 9. The average Bonchev–Trinajstić information content (AvgIpc) is 3.18. The van der Waals surface area contributed by atoms with E-state index in [2.05, 4.69) is 48.7 Å². The summed E-state index contributed by atoms with van der Waals surface area (Å²) in [6, 6.07) is 22.6. The summed E-state index contributed by atoms with van der Waals surface area (Å²) < 4.78 is 1.99. The van der Waals surface area contributed by atoms with Gasteiger partial charge in [0.1, 0.15) is 6.54 Å². The molecule has 0 saturated carbocycles. The summed E-state index contributed by atoms with van der Waals surface area (Å²) in [5, 5.41) is 22.2. The first-order valence-corrected chi connectivity index (χ1v) is 11.1. The second-order valence-electron chi connectivity index (χ2n) is 8.28. The van der Waals surface area contributed by atoms with Crippen molar-refractivity contribution in [3.8, 4) is 22.5 Å². The van der Waals surface area contributed by atoms with E-state index in [0.29, 0.717) is 18.9 Å². The standard InChI is InChI=1S/C26H32N4O2/c1-19(2)17-20-9-11-22(12-10-20)24-14-13-23(21-7-4-3-5-8-21)30(24)18-25(32)29-26(27)28-15-6-16-31/h3-5,7-14,19,31H,6,15-18H2,1-2H3,(H3,27,28,29,32). The van der Waals surface area contributed by atoms with Crippen LogP contribution in [0.15, 0.2) is 66.7 Å². The smallest absolute Gasteiger partial charge is 0.246 e. The van der Waals surface area contributed by atoms with Gasteiger partial charge in [-0.3, -0.25) is 15.5 Å². The van der Waals surface area contributed by atoms with Gasteiger partial charge in [-0.15, -0.1) is 0 Å². The summed E-state index contributed by atoms with van der Waals surface area (Å²) in [5.74, 6) is 0.258. The van der Waals surface area contributed by atoms with Crippen molar-refractivity contribution in [3.63, 3.8) is 0 Å². The van der Waals surface area contributed by atoms with E-state index in [4.69, 9.17) is 10.5 Å². The van der Waals surface area contributed by atoms with Gasteiger partial charge in [-0.25, -0.2) is 0 Å². The van der Waals surface area contributed by atoms with Crippen LogP contribution >= 0.6 is 0 Å². The fourth-order valence-electron chi connectivity index (χ4n) is 3.69. The Bertz CT molecular complexity index is 1020. The summed E-state index contributed by atoms with van der Waals surface area (Å²) in [6.07, 6.45) is 1.55. The Morgan fingerprint density at radius 3 is 2.19 bits per heavy atom. The number of benzene rings is 2. The van der Waals surface area contributed by atoms with Crippen molar-refractivity contribution in [1.82, 2.24) is 15.2 Å². The molecule has 3 aromatic rings. The number of carbonyl (C=O) groups excluding carboxylic acids is 1. The molecule has 0 radical (unpaired) electrons. The molecule has 3 rings (SSSR count). The predicted octanol–water partition coefficient (Wildman–Crippen LogP) is 4.04. The molecular formula is C26H32N4O2. The molecular weight excluding hydrogens is 400 g/mol. The average molecular weight is 433 g/mol. The van der Waals surface area contributed by atoms with Crippen molar-refractivity contribution in [2.24, 2.45) is 5.92 Å². The van der Waals surface area contributed by atoms with Gasteiger partial charge in [-0.2, -0.15) is 0 Å². The summed E-state index contributed by atoms with van der Waals surface area (Å²) in [6.45, 7) is 4.98. The maximum absolute atomic E-state index is 12.7. The predicted molar refractivity (Wildman–Crippen MR) is 129 cm³/mol. The molecule has 0 saturated heterocycles. The zero-order chi connectivity index (χ0) is 22.9. The lowest BCUT2D eigenvalue weighted by Gasteiger charge is -2.15. The number of aliphatic hydroxyl groups is 1. The minimum absolute atomic E-state index is 0.0390. The number of aromatic nitrogens is 1. The topological polar surface area (TPSA) is 90.1 Å². The van der Waals surface area contributed by atoms with E-state index >= 15 is 0 Å². The zero-order valence-electron chi connectivity index (χ0n) is 18.8. The Hall–Kier alpha value is -3.38. The molecule has 0 atom stereocenters. The van der Waals surface area contributed by atoms with Crippen LogP contribution in [0.2, 0.25) is 0 Å². The van der Waals surface area contributed by atoms with Gasteiger partial charge in [0.05, 0.1) is 0 Å². The summed E-state index contributed by atoms with van der Waals surface area (Å²) in [4.78, 5) is 12.7. The Kier molecular flexibility index (Phi) is 8.22. The summed E-state index contributed by atoms with van der Waals surface area (Å²) in [7, 11) is 0. The molecule has 1 heterocycles. The highest BCUT2D eigenvalue weighted by atomic mass is 16.3. The third kappa shape index (κ3) is 6.31. The zero-order valence-corrected chi connectivity index (χ0v) is 18.8. The number of hydrogen-bond donors (Lipinski definition) is 4. The van der Waals surface area contributed by atoms with Crippen molar-refractivity contribution in [2.45, 2.75) is 33.2 Å². The van der Waals surface area contributed by atoms with Crippen molar-refractivity contribution >= 4 is 11.9 Å². The largest absolute Gasteiger partial charge is 0.396 e. The molecule has 0 bridgehead atoms. The first-order chi connectivity index (χ1) is 15.5. The molecule has 0 unspecified atom stereocenters. The SMILES string of the molecule is CC(C)Cc1ccc(-c2ccc(-c3ccccc3)n2CC(=O)NC(=N)NCCCO)cc1. The maximum atomic E-state index is 12.7. The van der Waals surface area contributed by atoms with Crippen LogP contribution < -0.4 is 10.6 Å². The van der Waals surface area contributed by atoms with E-state index in [1.807, 2.05) is 47.0 Å². The Balaban J connectivity index is 1.86. The van der Waals surface area contributed by atoms with Crippen LogP contribution in [-0.2, 0) is 17.8 Å². The quantitative estimate of drug-likeness (QED) is 0.234. The molecule has 0 spiro atoms. The highest BCUT2D eigenvalue weighted by Crippen LogP contribution is 2.29. The van der Waals surface area contributed by atoms with Crippen molar-refractivity contribution < 1.29 is 9.90 Å². The van der Waals surface area contributed by atoms with Crippen LogP contribution in [-0.4, -0.2) is 34.7 Å². The van der Waals surface area contributed by atoms with Gasteiger partial charge in [-0.05, 0) is 47.6 Å². The van der Waals surface area contributed by atoms with Gasteiger partial charge in [0.25, 0.3) is 0 Å². The Labute approximate surface area is 189 Å². The number of nitrogens with zero attached hydrogens (tertiary/aromatic N) is 1. The lowest BCUT2D eigenvalue weighted by molar-refractivity contribution is -0.120. The second-order valence-corrected chi connectivity index (χ2v) is 8.28. The summed E-state index contributed by atoms with van der Waals surface area (Å²) >= 11 is 0. The third-order valence-corrected chi connectivity index (χ3v) is 5.15. The molecule has 0 fully saturated rings. The van der Waals surface area contributed by atoms with Crippen LogP contribution in [0.5, 0.6) is 0 Å². The van der Waals surface area contributed by atoms with E-state index in [1.165, 1.54) is 5.56 Å². The molecule has 2 aromatic carbocycles. The van der Waals surface area contributed by atoms with Crippen molar-refractivity contribution in [3.05, 3.63) is 72.3 Å². The fraction of sp³-hybridized carbons (Fsp3) is 0.308. The van der Waals surface area contributed by atoms with E-state index in [1.54, 1.807) is 0 Å². The van der Waals surface area contributed by atoms with Gasteiger partial charge in [0.15, 0.2) is 5.96 Å². The van der Waals surface area contributed by atoms with Gasteiger partial charge in [0, 0.05) is 24.5 Å². The van der Waals surface area contributed by atoms with E-state index < -0.39 is 0 Å². The molecule has 4 N–H and O–H groups in total. The molecule has 0 aliphatic heterocycles. The third-order valence-electron chi connectivity index (χ3n) is 5.15.